The molecule has 1 nitrogen and oxygen atoms in total. The molecular weight excluding hydrogens is 206 g/mol. The maximum absolute atomic E-state index is 2.52. The van der Waals surface area contributed by atoms with Crippen molar-refractivity contribution in [3.63, 3.8) is 0 Å². The van der Waals surface area contributed by atoms with Gasteiger partial charge in [0.15, 0.2) is 0 Å². The average molecular weight is 229 g/mol. The Morgan fingerprint density at radius 2 is 1.94 bits per heavy atom. The van der Waals surface area contributed by atoms with Crippen LogP contribution in [0.4, 0.5) is 0 Å². The van der Waals surface area contributed by atoms with E-state index in [4.69, 9.17) is 0 Å². The predicted molar refractivity (Wildman–Crippen MR) is 72.2 cm³/mol. The quantitative estimate of drug-likeness (QED) is 0.713. The first-order chi connectivity index (χ1) is 8.31. The van der Waals surface area contributed by atoms with Crippen LogP contribution in [0.5, 0.6) is 0 Å². The number of rotatable bonds is 1. The first-order valence-corrected chi connectivity index (χ1v) is 7.05. The minimum atomic E-state index is 0.506. The summed E-state index contributed by atoms with van der Waals surface area (Å²) in [5.74, 6) is 0.886. The lowest BCUT2D eigenvalue weighted by molar-refractivity contribution is 0.0708. The second kappa shape index (κ2) is 4.45. The van der Waals surface area contributed by atoms with Crippen LogP contribution in [0.25, 0.3) is 0 Å². The van der Waals surface area contributed by atoms with Gasteiger partial charge in [-0.25, -0.2) is 0 Å². The summed E-state index contributed by atoms with van der Waals surface area (Å²) in [5, 5.41) is 0. The molecule has 0 amide bonds. The van der Waals surface area contributed by atoms with Crippen molar-refractivity contribution in [1.82, 2.24) is 4.90 Å². The topological polar surface area (TPSA) is 3.24 Å². The zero-order valence-electron chi connectivity index (χ0n) is 10.9. The lowest BCUT2D eigenvalue weighted by Gasteiger charge is -2.50. The van der Waals surface area contributed by atoms with E-state index in [9.17, 15) is 0 Å². The highest BCUT2D eigenvalue weighted by Crippen LogP contribution is 2.48. The molecule has 2 aliphatic rings. The molecule has 1 aliphatic carbocycles. The number of likely N-dealkylation sites (tertiary alicyclic amines) is 1. The first kappa shape index (κ1) is 11.3. The summed E-state index contributed by atoms with van der Waals surface area (Å²) in [7, 11) is 2.28. The van der Waals surface area contributed by atoms with E-state index in [0.717, 1.165) is 5.92 Å². The van der Waals surface area contributed by atoms with Gasteiger partial charge in [0.2, 0.25) is 0 Å². The molecule has 1 aromatic carbocycles. The molecule has 1 aliphatic heterocycles. The van der Waals surface area contributed by atoms with Gasteiger partial charge in [-0.3, -0.25) is 0 Å². The highest BCUT2D eigenvalue weighted by molar-refractivity contribution is 5.28. The molecular formula is C16H23N. The second-order valence-corrected chi connectivity index (χ2v) is 5.98. The van der Waals surface area contributed by atoms with E-state index in [-0.39, 0.29) is 0 Å². The van der Waals surface area contributed by atoms with Crippen molar-refractivity contribution in [2.75, 3.05) is 20.1 Å². The minimum Gasteiger partial charge on any atom is -0.306 e. The van der Waals surface area contributed by atoms with E-state index < -0.39 is 0 Å². The Labute approximate surface area is 105 Å². The van der Waals surface area contributed by atoms with Crippen molar-refractivity contribution in [2.24, 2.45) is 5.92 Å². The van der Waals surface area contributed by atoms with E-state index in [1.807, 2.05) is 0 Å². The number of hydrogen-bond donors (Lipinski definition) is 0. The molecule has 1 saturated carbocycles. The van der Waals surface area contributed by atoms with Gasteiger partial charge in [0.25, 0.3) is 0 Å². The summed E-state index contributed by atoms with van der Waals surface area (Å²) in [5.41, 5.74) is 2.12. The van der Waals surface area contributed by atoms with Crippen molar-refractivity contribution >= 4 is 0 Å². The summed E-state index contributed by atoms with van der Waals surface area (Å²) < 4.78 is 0. The standard InChI is InChI=1S/C16H23N/c1-17-12-11-16(14-7-3-2-4-8-14)10-6-5-9-15(16)13-17/h2-4,7-8,15H,5-6,9-13H2,1H3/t15-,16?/m0/s1. The Hall–Kier alpha value is -0.820. The van der Waals surface area contributed by atoms with Crippen LogP contribution in [0.1, 0.15) is 37.7 Å². The van der Waals surface area contributed by atoms with Crippen molar-refractivity contribution in [3.8, 4) is 0 Å². The fourth-order valence-electron chi connectivity index (χ4n) is 4.06. The van der Waals surface area contributed by atoms with Gasteiger partial charge in [-0.1, -0.05) is 43.2 Å². The Morgan fingerprint density at radius 3 is 2.76 bits per heavy atom. The van der Waals surface area contributed by atoms with Crippen LogP contribution in [-0.2, 0) is 5.41 Å². The molecule has 0 spiro atoms. The second-order valence-electron chi connectivity index (χ2n) is 5.98. The fraction of sp³-hybridized carbons (Fsp3) is 0.625. The molecule has 17 heavy (non-hydrogen) atoms. The van der Waals surface area contributed by atoms with Crippen LogP contribution < -0.4 is 0 Å². The molecule has 3 rings (SSSR count). The van der Waals surface area contributed by atoms with Crippen LogP contribution >= 0.6 is 0 Å². The van der Waals surface area contributed by atoms with Crippen LogP contribution in [0.3, 0.4) is 0 Å². The third-order valence-electron chi connectivity index (χ3n) is 5.03. The number of hydrogen-bond acceptors (Lipinski definition) is 1. The van der Waals surface area contributed by atoms with Crippen molar-refractivity contribution < 1.29 is 0 Å². The molecule has 1 heterocycles. The number of nitrogens with zero attached hydrogens (tertiary/aromatic N) is 1. The summed E-state index contributed by atoms with van der Waals surface area (Å²) in [6.07, 6.45) is 7.06. The van der Waals surface area contributed by atoms with E-state index in [1.165, 1.54) is 45.2 Å². The van der Waals surface area contributed by atoms with Gasteiger partial charge in [0.05, 0.1) is 0 Å². The maximum atomic E-state index is 2.52. The average Bonchev–Trinajstić information content (AvgIpc) is 2.40. The first-order valence-electron chi connectivity index (χ1n) is 7.05. The summed E-state index contributed by atoms with van der Waals surface area (Å²) in [6, 6.07) is 11.3. The SMILES string of the molecule is CN1CCC2(c3ccccc3)CCCC[C@H]2C1. The summed E-state index contributed by atoms with van der Waals surface area (Å²) in [6.45, 7) is 2.57. The van der Waals surface area contributed by atoms with E-state index in [2.05, 4.69) is 42.3 Å². The molecule has 0 bridgehead atoms. The lowest BCUT2D eigenvalue weighted by atomic mass is 9.59. The molecule has 1 aromatic rings. The maximum Gasteiger partial charge on any atom is 0.00151 e. The number of piperidine rings is 1. The molecule has 0 aromatic heterocycles. The Kier molecular flexibility index (Phi) is 2.96. The fourth-order valence-corrected chi connectivity index (χ4v) is 4.06. The van der Waals surface area contributed by atoms with E-state index in [0.29, 0.717) is 5.41 Å². The van der Waals surface area contributed by atoms with Gasteiger partial charge in [-0.15, -0.1) is 0 Å². The Morgan fingerprint density at radius 1 is 1.12 bits per heavy atom. The molecule has 2 atom stereocenters. The van der Waals surface area contributed by atoms with Gasteiger partial charge in [0.1, 0.15) is 0 Å². The summed E-state index contributed by atoms with van der Waals surface area (Å²) in [4.78, 5) is 2.52. The molecule has 0 radical (unpaired) electrons. The minimum absolute atomic E-state index is 0.506. The van der Waals surface area contributed by atoms with Gasteiger partial charge >= 0.3 is 0 Å². The number of benzene rings is 1. The molecule has 1 saturated heterocycles. The van der Waals surface area contributed by atoms with E-state index in [1.54, 1.807) is 5.56 Å². The van der Waals surface area contributed by atoms with Crippen LogP contribution in [0, 0.1) is 5.92 Å². The highest BCUT2D eigenvalue weighted by atomic mass is 15.1. The van der Waals surface area contributed by atoms with Crippen LogP contribution in [-0.4, -0.2) is 25.0 Å². The third kappa shape index (κ3) is 1.91. The smallest absolute Gasteiger partial charge is 0.00151 e. The van der Waals surface area contributed by atoms with Gasteiger partial charge in [-0.2, -0.15) is 0 Å². The normalized spacial score (nSPS) is 34.3. The van der Waals surface area contributed by atoms with Crippen molar-refractivity contribution in [3.05, 3.63) is 35.9 Å². The summed E-state index contributed by atoms with van der Waals surface area (Å²) >= 11 is 0. The zero-order valence-corrected chi connectivity index (χ0v) is 10.9. The molecule has 1 heteroatoms. The Balaban J connectivity index is 1.96. The van der Waals surface area contributed by atoms with Crippen LogP contribution in [0.15, 0.2) is 30.3 Å². The molecule has 2 fully saturated rings. The lowest BCUT2D eigenvalue weighted by Crippen LogP contribution is -2.50. The highest BCUT2D eigenvalue weighted by Gasteiger charge is 2.44. The van der Waals surface area contributed by atoms with Crippen molar-refractivity contribution in [2.45, 2.75) is 37.5 Å². The largest absolute Gasteiger partial charge is 0.306 e. The van der Waals surface area contributed by atoms with Gasteiger partial charge < -0.3 is 4.90 Å². The molecule has 0 N–H and O–H groups in total. The third-order valence-corrected chi connectivity index (χ3v) is 5.03. The van der Waals surface area contributed by atoms with Crippen molar-refractivity contribution in [1.29, 1.82) is 0 Å². The zero-order chi connectivity index (χ0) is 11.7. The van der Waals surface area contributed by atoms with E-state index >= 15 is 0 Å². The molecule has 92 valence electrons. The Bertz CT molecular complexity index is 372. The predicted octanol–water partition coefficient (Wildman–Crippen LogP) is 3.45. The number of fused-ring (bicyclic) bond motifs is 1. The van der Waals surface area contributed by atoms with Gasteiger partial charge in [0, 0.05) is 12.0 Å². The van der Waals surface area contributed by atoms with Gasteiger partial charge in [-0.05, 0) is 44.3 Å². The van der Waals surface area contributed by atoms with Crippen LogP contribution in [0.2, 0.25) is 0 Å². The monoisotopic (exact) mass is 229 g/mol. The molecule has 1 unspecified atom stereocenters.